The topological polar surface area (TPSA) is 64.6 Å². The van der Waals surface area contributed by atoms with E-state index >= 15 is 0 Å². The van der Waals surface area contributed by atoms with Gasteiger partial charge in [0.1, 0.15) is 6.10 Å². The Morgan fingerprint density at radius 3 is 2.29 bits per heavy atom. The molecular formula is C9H15NO4. The molecule has 14 heavy (non-hydrogen) atoms. The average Bonchev–Trinajstić information content (AvgIpc) is 2.06. The van der Waals surface area contributed by atoms with Gasteiger partial charge in [-0.3, -0.25) is 9.59 Å². The highest BCUT2D eigenvalue weighted by atomic mass is 16.6. The maximum atomic E-state index is 10.8. The fourth-order valence-corrected chi connectivity index (χ4v) is 1.48. The normalized spacial score (nSPS) is 26.7. The number of nitrogens with one attached hydrogen (secondary N) is 1. The van der Waals surface area contributed by atoms with Crippen LogP contribution in [0, 0.1) is 0 Å². The maximum Gasteiger partial charge on any atom is 0.303 e. The summed E-state index contributed by atoms with van der Waals surface area (Å²) in [5.74, 6) is -0.690. The molecule has 80 valence electrons. The Bertz CT molecular complexity index is 205. The van der Waals surface area contributed by atoms with Crippen LogP contribution in [0.2, 0.25) is 0 Å². The summed E-state index contributed by atoms with van der Waals surface area (Å²) in [5, 5.41) is 3.07. The third-order valence-electron chi connectivity index (χ3n) is 2.00. The van der Waals surface area contributed by atoms with Gasteiger partial charge in [-0.1, -0.05) is 0 Å². The van der Waals surface area contributed by atoms with Crippen LogP contribution in [0.3, 0.4) is 0 Å². The van der Waals surface area contributed by atoms with Crippen LogP contribution in [0.1, 0.15) is 20.3 Å². The van der Waals surface area contributed by atoms with E-state index in [4.69, 9.17) is 9.47 Å². The van der Waals surface area contributed by atoms with Crippen molar-refractivity contribution in [2.45, 2.75) is 32.5 Å². The molecule has 1 N–H and O–H groups in total. The number of carbonyl (C=O) groups excluding carboxylic acids is 2. The molecule has 0 aromatic heterocycles. The van der Waals surface area contributed by atoms with Crippen LogP contribution in [0.15, 0.2) is 0 Å². The molecule has 0 aromatic rings. The third-order valence-corrected chi connectivity index (χ3v) is 2.00. The summed E-state index contributed by atoms with van der Waals surface area (Å²) in [7, 11) is 0. The van der Waals surface area contributed by atoms with Crippen LogP contribution in [0.4, 0.5) is 0 Å². The standard InChI is InChI=1S/C9H15NO4/c1-6(11)13-8-3-4-10-5-9(8)14-7(2)12/h8-10H,3-5H2,1-2H3/t8-,9?/m0/s1. The molecule has 1 unspecified atom stereocenters. The molecule has 0 amide bonds. The molecule has 1 fully saturated rings. The van der Waals surface area contributed by atoms with Gasteiger partial charge in [0.2, 0.25) is 0 Å². The molecule has 0 aromatic carbocycles. The van der Waals surface area contributed by atoms with Crippen molar-refractivity contribution in [1.29, 1.82) is 0 Å². The van der Waals surface area contributed by atoms with Gasteiger partial charge in [-0.15, -0.1) is 0 Å². The number of carbonyl (C=O) groups is 2. The molecule has 5 heteroatoms. The zero-order valence-electron chi connectivity index (χ0n) is 8.41. The molecule has 5 nitrogen and oxygen atoms in total. The van der Waals surface area contributed by atoms with E-state index in [1.807, 2.05) is 0 Å². The van der Waals surface area contributed by atoms with Gasteiger partial charge in [0.05, 0.1) is 0 Å². The smallest absolute Gasteiger partial charge is 0.303 e. The highest BCUT2D eigenvalue weighted by Crippen LogP contribution is 2.12. The van der Waals surface area contributed by atoms with Gasteiger partial charge >= 0.3 is 11.9 Å². The first kappa shape index (κ1) is 11.0. The van der Waals surface area contributed by atoms with E-state index in [2.05, 4.69) is 5.32 Å². The Morgan fingerprint density at radius 2 is 1.71 bits per heavy atom. The Labute approximate surface area is 82.8 Å². The average molecular weight is 201 g/mol. The van der Waals surface area contributed by atoms with Crippen LogP contribution in [-0.2, 0) is 19.1 Å². The van der Waals surface area contributed by atoms with E-state index in [0.717, 1.165) is 6.54 Å². The van der Waals surface area contributed by atoms with Crippen molar-refractivity contribution in [1.82, 2.24) is 5.32 Å². The Kier molecular flexibility index (Phi) is 3.88. The monoisotopic (exact) mass is 201 g/mol. The molecule has 1 aliphatic rings. The largest absolute Gasteiger partial charge is 0.459 e. The molecule has 0 bridgehead atoms. The molecule has 1 heterocycles. The fraction of sp³-hybridized carbons (Fsp3) is 0.778. The Balaban J connectivity index is 2.49. The van der Waals surface area contributed by atoms with Crippen LogP contribution < -0.4 is 5.32 Å². The number of rotatable bonds is 2. The lowest BCUT2D eigenvalue weighted by atomic mass is 10.1. The van der Waals surface area contributed by atoms with Crippen molar-refractivity contribution in [3.63, 3.8) is 0 Å². The van der Waals surface area contributed by atoms with Gasteiger partial charge in [-0.05, 0) is 6.54 Å². The van der Waals surface area contributed by atoms with Gasteiger partial charge in [0.25, 0.3) is 0 Å². The maximum absolute atomic E-state index is 10.8. The molecule has 0 aliphatic carbocycles. The van der Waals surface area contributed by atoms with E-state index in [-0.39, 0.29) is 24.1 Å². The lowest BCUT2D eigenvalue weighted by molar-refractivity contribution is -0.167. The summed E-state index contributed by atoms with van der Waals surface area (Å²) >= 11 is 0. The molecular weight excluding hydrogens is 186 g/mol. The van der Waals surface area contributed by atoms with Crippen molar-refractivity contribution in [2.75, 3.05) is 13.1 Å². The van der Waals surface area contributed by atoms with Crippen LogP contribution in [-0.4, -0.2) is 37.2 Å². The number of hydrogen-bond donors (Lipinski definition) is 1. The van der Waals surface area contributed by atoms with Crippen molar-refractivity contribution in [2.24, 2.45) is 0 Å². The second-order valence-corrected chi connectivity index (χ2v) is 3.29. The zero-order chi connectivity index (χ0) is 10.6. The van der Waals surface area contributed by atoms with Gasteiger partial charge in [0.15, 0.2) is 6.10 Å². The highest BCUT2D eigenvalue weighted by Gasteiger charge is 2.29. The van der Waals surface area contributed by atoms with Gasteiger partial charge < -0.3 is 14.8 Å². The van der Waals surface area contributed by atoms with E-state index in [1.54, 1.807) is 0 Å². The second kappa shape index (κ2) is 4.95. The third kappa shape index (κ3) is 3.33. The minimum absolute atomic E-state index is 0.308. The van der Waals surface area contributed by atoms with Crippen molar-refractivity contribution < 1.29 is 19.1 Å². The second-order valence-electron chi connectivity index (χ2n) is 3.29. The summed E-state index contributed by atoms with van der Waals surface area (Å²) < 4.78 is 10.1. The Hall–Kier alpha value is -1.10. The first-order chi connectivity index (χ1) is 6.59. The number of hydrogen-bond acceptors (Lipinski definition) is 5. The van der Waals surface area contributed by atoms with Gasteiger partial charge in [-0.2, -0.15) is 0 Å². The lowest BCUT2D eigenvalue weighted by Gasteiger charge is -2.30. The molecule has 2 atom stereocenters. The van der Waals surface area contributed by atoms with E-state index in [1.165, 1.54) is 13.8 Å². The first-order valence-electron chi connectivity index (χ1n) is 4.64. The lowest BCUT2D eigenvalue weighted by Crippen LogP contribution is -2.48. The molecule has 1 aliphatic heterocycles. The van der Waals surface area contributed by atoms with Gasteiger partial charge in [0, 0.05) is 26.8 Å². The molecule has 0 saturated carbocycles. The number of ether oxygens (including phenoxy) is 2. The van der Waals surface area contributed by atoms with Crippen molar-refractivity contribution in [3.05, 3.63) is 0 Å². The predicted octanol–water partition coefficient (Wildman–Crippen LogP) is -0.157. The van der Waals surface area contributed by atoms with Crippen LogP contribution >= 0.6 is 0 Å². The first-order valence-corrected chi connectivity index (χ1v) is 4.64. The summed E-state index contributed by atoms with van der Waals surface area (Å²) in [6.07, 6.45) is 0.0140. The zero-order valence-corrected chi connectivity index (χ0v) is 8.41. The number of piperidine rings is 1. The fourth-order valence-electron chi connectivity index (χ4n) is 1.48. The van der Waals surface area contributed by atoms with E-state index < -0.39 is 0 Å². The summed E-state index contributed by atoms with van der Waals surface area (Å²) in [5.41, 5.74) is 0. The molecule has 0 radical (unpaired) electrons. The highest BCUT2D eigenvalue weighted by molar-refractivity contribution is 5.67. The van der Waals surface area contributed by atoms with E-state index in [9.17, 15) is 9.59 Å². The summed E-state index contributed by atoms with van der Waals surface area (Å²) in [6, 6.07) is 0. The number of esters is 2. The minimum Gasteiger partial charge on any atom is -0.459 e. The van der Waals surface area contributed by atoms with E-state index in [0.29, 0.717) is 13.0 Å². The SMILES string of the molecule is CC(=O)OC1CNCC[C@@H]1OC(C)=O. The molecule has 1 saturated heterocycles. The summed E-state index contributed by atoms with van der Waals surface area (Å²) in [4.78, 5) is 21.5. The Morgan fingerprint density at radius 1 is 1.14 bits per heavy atom. The quantitative estimate of drug-likeness (QED) is 0.629. The minimum atomic E-state index is -0.356. The van der Waals surface area contributed by atoms with Gasteiger partial charge in [-0.25, -0.2) is 0 Å². The molecule has 0 spiro atoms. The molecule has 1 rings (SSSR count). The van der Waals surface area contributed by atoms with Crippen LogP contribution in [0.25, 0.3) is 0 Å². The summed E-state index contributed by atoms with van der Waals surface area (Å²) in [6.45, 7) is 4.01. The van der Waals surface area contributed by atoms with Crippen molar-refractivity contribution >= 4 is 11.9 Å². The predicted molar refractivity (Wildman–Crippen MR) is 48.6 cm³/mol. The van der Waals surface area contributed by atoms with Crippen molar-refractivity contribution in [3.8, 4) is 0 Å². The van der Waals surface area contributed by atoms with Crippen LogP contribution in [0.5, 0.6) is 0 Å².